The average molecular weight is 407 g/mol. The Hall–Kier alpha value is -2.31. The molecule has 3 heterocycles. The van der Waals surface area contributed by atoms with Gasteiger partial charge >= 0.3 is 0 Å². The van der Waals surface area contributed by atoms with E-state index in [4.69, 9.17) is 21.7 Å². The number of halogens is 1. The van der Waals surface area contributed by atoms with Gasteiger partial charge in [-0.25, -0.2) is 4.98 Å². The van der Waals surface area contributed by atoms with Crippen LogP contribution in [-0.2, 0) is 0 Å². The largest absolute Gasteiger partial charge is 0.479 e. The highest BCUT2D eigenvalue weighted by Crippen LogP contribution is 2.30. The Balaban J connectivity index is 1.69. The van der Waals surface area contributed by atoms with Crippen LogP contribution >= 0.6 is 20.8 Å². The quantitative estimate of drug-likeness (QED) is 0.449. The summed E-state index contributed by atoms with van der Waals surface area (Å²) in [5.74, 6) is 0.285. The Morgan fingerprint density at radius 3 is 2.74 bits per heavy atom. The Morgan fingerprint density at radius 1 is 1.41 bits per heavy atom. The molecule has 0 aliphatic carbocycles. The van der Waals surface area contributed by atoms with E-state index in [1.165, 1.54) is 7.11 Å². The standard InChI is InChI=1S/C17H20ClN6O2P/c1-26-15-13(12(14(19)27)22-17(18)23-15)21-11-4-7-24(8-5-11)16(25)10-3-2-6-20-9-10/h2-3,6,9,11,19,21H,4-5,7-8,27H2,1H3. The van der Waals surface area contributed by atoms with Gasteiger partial charge < -0.3 is 15.0 Å². The molecule has 1 saturated heterocycles. The van der Waals surface area contributed by atoms with Crippen molar-refractivity contribution in [3.05, 3.63) is 41.1 Å². The number of nitrogens with one attached hydrogen (secondary N) is 2. The Labute approximate surface area is 164 Å². The van der Waals surface area contributed by atoms with Gasteiger partial charge in [-0.1, -0.05) is 9.24 Å². The van der Waals surface area contributed by atoms with Gasteiger partial charge in [-0.15, -0.1) is 0 Å². The van der Waals surface area contributed by atoms with Gasteiger partial charge in [0.05, 0.1) is 18.1 Å². The summed E-state index contributed by atoms with van der Waals surface area (Å²) < 4.78 is 5.30. The minimum absolute atomic E-state index is 0.0126. The maximum Gasteiger partial charge on any atom is 0.255 e. The van der Waals surface area contributed by atoms with Gasteiger partial charge in [0.1, 0.15) is 11.4 Å². The number of aromatic nitrogens is 3. The van der Waals surface area contributed by atoms with Crippen LogP contribution in [0, 0.1) is 5.41 Å². The summed E-state index contributed by atoms with van der Waals surface area (Å²) in [6.07, 6.45) is 4.73. The fourth-order valence-electron chi connectivity index (χ4n) is 2.99. The lowest BCUT2D eigenvalue weighted by molar-refractivity contribution is 0.0718. The number of nitrogens with zero attached hydrogens (tertiary/aromatic N) is 4. The molecule has 0 spiro atoms. The average Bonchev–Trinajstić information content (AvgIpc) is 2.69. The van der Waals surface area contributed by atoms with E-state index in [2.05, 4.69) is 29.5 Å². The van der Waals surface area contributed by atoms with Crippen LogP contribution in [0.3, 0.4) is 0 Å². The van der Waals surface area contributed by atoms with E-state index in [9.17, 15) is 4.79 Å². The second kappa shape index (κ2) is 8.59. The number of likely N-dealkylation sites (tertiary alicyclic amines) is 1. The van der Waals surface area contributed by atoms with Crippen molar-refractivity contribution in [1.82, 2.24) is 19.9 Å². The zero-order valence-electron chi connectivity index (χ0n) is 14.8. The van der Waals surface area contributed by atoms with Crippen molar-refractivity contribution in [2.24, 2.45) is 0 Å². The number of hydrogen-bond acceptors (Lipinski definition) is 7. The van der Waals surface area contributed by atoms with E-state index in [1.807, 2.05) is 4.90 Å². The molecule has 0 saturated carbocycles. The SMILES string of the molecule is COc1nc(Cl)nc(C(=N)P)c1NC1CCN(C(=O)c2cccnc2)CC1. The number of piperidine rings is 1. The molecule has 1 unspecified atom stereocenters. The molecule has 142 valence electrons. The Morgan fingerprint density at radius 2 is 2.15 bits per heavy atom. The van der Waals surface area contributed by atoms with Crippen molar-refractivity contribution < 1.29 is 9.53 Å². The third-order valence-electron chi connectivity index (χ3n) is 4.34. The van der Waals surface area contributed by atoms with E-state index in [0.717, 1.165) is 12.8 Å². The summed E-state index contributed by atoms with van der Waals surface area (Å²) in [7, 11) is 3.80. The first-order valence-electron chi connectivity index (χ1n) is 8.41. The summed E-state index contributed by atoms with van der Waals surface area (Å²) in [5.41, 5.74) is 1.70. The fraction of sp³-hybridized carbons (Fsp3) is 0.353. The summed E-state index contributed by atoms with van der Waals surface area (Å²) in [6, 6.07) is 3.63. The molecule has 1 amide bonds. The summed E-state index contributed by atoms with van der Waals surface area (Å²) in [5, 5.41) is 11.3. The maximum absolute atomic E-state index is 12.5. The van der Waals surface area contributed by atoms with Crippen molar-refractivity contribution in [2.45, 2.75) is 18.9 Å². The van der Waals surface area contributed by atoms with Crippen LogP contribution in [0.4, 0.5) is 5.69 Å². The van der Waals surface area contributed by atoms with Crippen molar-refractivity contribution in [1.29, 1.82) is 5.41 Å². The van der Waals surface area contributed by atoms with Crippen LogP contribution in [0.15, 0.2) is 24.5 Å². The van der Waals surface area contributed by atoms with Gasteiger partial charge in [0.15, 0.2) is 0 Å². The van der Waals surface area contributed by atoms with E-state index >= 15 is 0 Å². The maximum atomic E-state index is 12.5. The number of carbonyl (C=O) groups is 1. The zero-order chi connectivity index (χ0) is 19.4. The lowest BCUT2D eigenvalue weighted by atomic mass is 10.0. The fourth-order valence-corrected chi connectivity index (χ4v) is 3.36. The van der Waals surface area contributed by atoms with Gasteiger partial charge in [0.25, 0.3) is 5.91 Å². The first-order chi connectivity index (χ1) is 13.0. The third kappa shape index (κ3) is 4.51. The highest BCUT2D eigenvalue weighted by molar-refractivity contribution is 7.41. The molecular formula is C17H20ClN6O2P. The first-order valence-corrected chi connectivity index (χ1v) is 9.37. The molecule has 1 aliphatic heterocycles. The molecule has 2 aromatic rings. The van der Waals surface area contributed by atoms with E-state index < -0.39 is 0 Å². The molecule has 8 nitrogen and oxygen atoms in total. The number of hydrogen-bond donors (Lipinski definition) is 2. The highest BCUT2D eigenvalue weighted by Gasteiger charge is 2.26. The van der Waals surface area contributed by atoms with Crippen molar-refractivity contribution >= 4 is 37.9 Å². The van der Waals surface area contributed by atoms with Crippen LogP contribution in [0.2, 0.25) is 5.28 Å². The molecule has 1 aliphatic rings. The molecule has 0 radical (unpaired) electrons. The monoisotopic (exact) mass is 406 g/mol. The van der Waals surface area contributed by atoms with E-state index in [-0.39, 0.29) is 22.7 Å². The van der Waals surface area contributed by atoms with Gasteiger partial charge in [-0.3, -0.25) is 15.2 Å². The van der Waals surface area contributed by atoms with Crippen molar-refractivity contribution in [2.75, 3.05) is 25.5 Å². The minimum Gasteiger partial charge on any atom is -0.479 e. The molecule has 1 fully saturated rings. The molecule has 2 aromatic heterocycles. The minimum atomic E-state index is -0.0126. The number of rotatable bonds is 5. The van der Waals surface area contributed by atoms with Gasteiger partial charge in [0.2, 0.25) is 11.2 Å². The lowest BCUT2D eigenvalue weighted by Crippen LogP contribution is -2.42. The summed E-state index contributed by atoms with van der Waals surface area (Å²) in [4.78, 5) is 26.6. The van der Waals surface area contributed by atoms with Gasteiger partial charge in [-0.05, 0) is 36.6 Å². The Bertz CT molecular complexity index is 843. The van der Waals surface area contributed by atoms with Crippen molar-refractivity contribution in [3.8, 4) is 5.88 Å². The lowest BCUT2D eigenvalue weighted by Gasteiger charge is -2.33. The highest BCUT2D eigenvalue weighted by atomic mass is 35.5. The van der Waals surface area contributed by atoms with Gasteiger partial charge in [0, 0.05) is 31.5 Å². The number of pyridine rings is 1. The number of amides is 1. The van der Waals surface area contributed by atoms with Crippen molar-refractivity contribution in [3.63, 3.8) is 0 Å². The molecule has 0 aromatic carbocycles. The zero-order valence-corrected chi connectivity index (χ0v) is 16.7. The van der Waals surface area contributed by atoms with Crippen LogP contribution < -0.4 is 10.1 Å². The molecular weight excluding hydrogens is 387 g/mol. The smallest absolute Gasteiger partial charge is 0.255 e. The van der Waals surface area contributed by atoms with Crippen LogP contribution in [0.5, 0.6) is 5.88 Å². The van der Waals surface area contributed by atoms with E-state index in [1.54, 1.807) is 24.5 Å². The molecule has 1 atom stereocenters. The third-order valence-corrected chi connectivity index (χ3v) is 4.78. The number of anilines is 1. The normalized spacial score (nSPS) is 14.7. The van der Waals surface area contributed by atoms with Crippen LogP contribution in [-0.4, -0.2) is 57.5 Å². The predicted octanol–water partition coefficient (Wildman–Crippen LogP) is 2.45. The number of carbonyl (C=O) groups excluding carboxylic acids is 1. The van der Waals surface area contributed by atoms with Crippen LogP contribution in [0.25, 0.3) is 0 Å². The Kier molecular flexibility index (Phi) is 6.19. The molecule has 0 bridgehead atoms. The second-order valence-electron chi connectivity index (χ2n) is 6.09. The van der Waals surface area contributed by atoms with Gasteiger partial charge in [-0.2, -0.15) is 4.98 Å². The van der Waals surface area contributed by atoms with Crippen LogP contribution in [0.1, 0.15) is 28.9 Å². The predicted molar refractivity (Wildman–Crippen MR) is 107 cm³/mol. The topological polar surface area (TPSA) is 104 Å². The molecule has 3 rings (SSSR count). The second-order valence-corrected chi connectivity index (χ2v) is 7.01. The number of methoxy groups -OCH3 is 1. The molecule has 10 heteroatoms. The van der Waals surface area contributed by atoms with E-state index in [0.29, 0.717) is 35.9 Å². The summed E-state index contributed by atoms with van der Waals surface area (Å²) in [6.45, 7) is 1.24. The summed E-state index contributed by atoms with van der Waals surface area (Å²) >= 11 is 5.91. The molecule has 27 heavy (non-hydrogen) atoms. The first kappa shape index (κ1) is 19.5. The molecule has 2 N–H and O–H groups in total. The number of ether oxygens (including phenoxy) is 1.